The minimum absolute atomic E-state index is 0.392. The molecule has 1 unspecified atom stereocenters. The molecule has 0 spiro atoms. The molecule has 0 amide bonds. The fraction of sp³-hybridized carbons (Fsp3) is 0.429. The molecule has 0 radical (unpaired) electrons. The van der Waals surface area contributed by atoms with Gasteiger partial charge in [0.2, 0.25) is 0 Å². The van der Waals surface area contributed by atoms with E-state index in [1.807, 2.05) is 42.5 Å². The highest BCUT2D eigenvalue weighted by atomic mass is 16.5. The van der Waals surface area contributed by atoms with E-state index in [4.69, 9.17) is 4.74 Å². The van der Waals surface area contributed by atoms with Crippen LogP contribution in [0.15, 0.2) is 54.6 Å². The van der Waals surface area contributed by atoms with Crippen LogP contribution in [-0.2, 0) is 6.61 Å². The molecular weight excluding hydrogens is 284 g/mol. The van der Waals surface area contributed by atoms with Crippen LogP contribution >= 0.6 is 0 Å². The van der Waals surface area contributed by atoms with Crippen LogP contribution in [0.3, 0.4) is 0 Å². The Hall–Kier alpha value is -1.80. The van der Waals surface area contributed by atoms with Gasteiger partial charge in [-0.25, -0.2) is 0 Å². The molecular formula is C21H28O2. The van der Waals surface area contributed by atoms with E-state index in [2.05, 4.69) is 19.1 Å². The third-order valence-electron chi connectivity index (χ3n) is 4.07. The number of aliphatic hydroxyl groups is 1. The van der Waals surface area contributed by atoms with Crippen LogP contribution in [0.1, 0.15) is 62.7 Å². The SMILES string of the molecule is CCCCCCCC(O)c1cccc(OCc2ccccc2)c1. The van der Waals surface area contributed by atoms with Crippen molar-refractivity contribution >= 4 is 0 Å². The lowest BCUT2D eigenvalue weighted by Crippen LogP contribution is -2.00. The molecule has 0 saturated carbocycles. The van der Waals surface area contributed by atoms with E-state index in [1.54, 1.807) is 0 Å². The number of hydrogen-bond donors (Lipinski definition) is 1. The van der Waals surface area contributed by atoms with Crippen molar-refractivity contribution in [3.63, 3.8) is 0 Å². The van der Waals surface area contributed by atoms with Gasteiger partial charge in [-0.3, -0.25) is 0 Å². The fourth-order valence-electron chi connectivity index (χ4n) is 2.66. The highest BCUT2D eigenvalue weighted by Gasteiger charge is 2.08. The monoisotopic (exact) mass is 312 g/mol. The van der Waals surface area contributed by atoms with Crippen LogP contribution < -0.4 is 4.74 Å². The maximum atomic E-state index is 10.3. The molecule has 2 aromatic carbocycles. The van der Waals surface area contributed by atoms with Crippen LogP contribution in [0.25, 0.3) is 0 Å². The quantitative estimate of drug-likeness (QED) is 0.574. The van der Waals surface area contributed by atoms with Crippen LogP contribution in [-0.4, -0.2) is 5.11 Å². The van der Waals surface area contributed by atoms with E-state index >= 15 is 0 Å². The van der Waals surface area contributed by atoms with Gasteiger partial charge in [0.25, 0.3) is 0 Å². The Bertz CT molecular complexity index is 551. The van der Waals surface area contributed by atoms with Gasteiger partial charge in [0.15, 0.2) is 0 Å². The largest absolute Gasteiger partial charge is 0.489 e. The first kappa shape index (κ1) is 17.6. The van der Waals surface area contributed by atoms with Crippen molar-refractivity contribution in [3.8, 4) is 5.75 Å². The molecule has 0 aliphatic heterocycles. The molecule has 0 aliphatic rings. The Balaban J connectivity index is 1.81. The first-order valence-corrected chi connectivity index (χ1v) is 8.74. The van der Waals surface area contributed by atoms with E-state index in [-0.39, 0.29) is 0 Å². The van der Waals surface area contributed by atoms with Gasteiger partial charge in [-0.05, 0) is 29.7 Å². The zero-order chi connectivity index (χ0) is 16.3. The first-order valence-electron chi connectivity index (χ1n) is 8.74. The lowest BCUT2D eigenvalue weighted by molar-refractivity contribution is 0.162. The van der Waals surface area contributed by atoms with Crippen molar-refractivity contribution in [2.75, 3.05) is 0 Å². The van der Waals surface area contributed by atoms with E-state index in [0.29, 0.717) is 6.61 Å². The second-order valence-electron chi connectivity index (χ2n) is 6.07. The summed E-state index contributed by atoms with van der Waals surface area (Å²) in [4.78, 5) is 0. The molecule has 124 valence electrons. The molecule has 1 atom stereocenters. The number of unbranched alkanes of at least 4 members (excludes halogenated alkanes) is 4. The number of aliphatic hydroxyl groups excluding tert-OH is 1. The van der Waals surface area contributed by atoms with Gasteiger partial charge in [0.1, 0.15) is 12.4 Å². The Morgan fingerprint density at radius 3 is 2.48 bits per heavy atom. The number of benzene rings is 2. The summed E-state index contributed by atoms with van der Waals surface area (Å²) in [5.41, 5.74) is 2.10. The summed E-state index contributed by atoms with van der Waals surface area (Å²) in [6, 6.07) is 18.0. The number of rotatable bonds is 10. The van der Waals surface area contributed by atoms with Crippen molar-refractivity contribution in [3.05, 3.63) is 65.7 Å². The Morgan fingerprint density at radius 1 is 0.913 bits per heavy atom. The maximum absolute atomic E-state index is 10.3. The fourth-order valence-corrected chi connectivity index (χ4v) is 2.66. The van der Waals surface area contributed by atoms with Crippen molar-refractivity contribution < 1.29 is 9.84 Å². The highest BCUT2D eigenvalue weighted by molar-refractivity contribution is 5.30. The van der Waals surface area contributed by atoms with Crippen LogP contribution in [0.5, 0.6) is 5.75 Å². The van der Waals surface area contributed by atoms with E-state index in [1.165, 1.54) is 25.7 Å². The van der Waals surface area contributed by atoms with Crippen molar-refractivity contribution in [2.45, 2.75) is 58.2 Å². The second-order valence-corrected chi connectivity index (χ2v) is 6.07. The summed E-state index contributed by atoms with van der Waals surface area (Å²) >= 11 is 0. The molecule has 0 bridgehead atoms. The number of ether oxygens (including phenoxy) is 1. The summed E-state index contributed by atoms with van der Waals surface area (Å²) in [5.74, 6) is 0.816. The average molecular weight is 312 g/mol. The summed E-state index contributed by atoms with van der Waals surface area (Å²) in [6.07, 6.45) is 6.53. The molecule has 2 nitrogen and oxygen atoms in total. The zero-order valence-corrected chi connectivity index (χ0v) is 14.1. The summed E-state index contributed by atoms with van der Waals surface area (Å²) in [5, 5.41) is 10.3. The van der Waals surface area contributed by atoms with E-state index in [0.717, 1.165) is 29.7 Å². The summed E-state index contributed by atoms with van der Waals surface area (Å²) in [6.45, 7) is 2.77. The Labute approximate surface area is 140 Å². The van der Waals surface area contributed by atoms with Gasteiger partial charge < -0.3 is 9.84 Å². The molecule has 2 heteroatoms. The molecule has 23 heavy (non-hydrogen) atoms. The average Bonchev–Trinajstić information content (AvgIpc) is 2.61. The van der Waals surface area contributed by atoms with Gasteiger partial charge in [-0.15, -0.1) is 0 Å². The predicted octanol–water partition coefficient (Wildman–Crippen LogP) is 5.66. The molecule has 2 aromatic rings. The summed E-state index contributed by atoms with van der Waals surface area (Å²) < 4.78 is 5.83. The molecule has 0 heterocycles. The normalized spacial score (nSPS) is 12.1. The van der Waals surface area contributed by atoms with Gasteiger partial charge in [-0.1, -0.05) is 81.5 Å². The van der Waals surface area contributed by atoms with Crippen LogP contribution in [0.2, 0.25) is 0 Å². The van der Waals surface area contributed by atoms with Gasteiger partial charge in [-0.2, -0.15) is 0 Å². The predicted molar refractivity (Wildman–Crippen MR) is 95.6 cm³/mol. The standard InChI is InChI=1S/C21H28O2/c1-2-3-4-5-9-15-21(22)19-13-10-14-20(16-19)23-17-18-11-7-6-8-12-18/h6-8,10-14,16,21-22H,2-5,9,15,17H2,1H3. The second kappa shape index (κ2) is 10.1. The Kier molecular flexibility index (Phi) is 7.68. The minimum Gasteiger partial charge on any atom is -0.489 e. The molecule has 1 N–H and O–H groups in total. The number of hydrogen-bond acceptors (Lipinski definition) is 2. The molecule has 2 rings (SSSR count). The van der Waals surface area contributed by atoms with Gasteiger partial charge in [0, 0.05) is 0 Å². The smallest absolute Gasteiger partial charge is 0.120 e. The zero-order valence-electron chi connectivity index (χ0n) is 14.1. The molecule has 0 saturated heterocycles. The maximum Gasteiger partial charge on any atom is 0.120 e. The summed E-state index contributed by atoms with van der Waals surface area (Å²) in [7, 11) is 0. The lowest BCUT2D eigenvalue weighted by Gasteiger charge is -2.13. The molecule has 0 aromatic heterocycles. The molecule has 0 aliphatic carbocycles. The Morgan fingerprint density at radius 2 is 1.70 bits per heavy atom. The lowest BCUT2D eigenvalue weighted by atomic mass is 10.0. The topological polar surface area (TPSA) is 29.5 Å². The van der Waals surface area contributed by atoms with Crippen molar-refractivity contribution in [1.82, 2.24) is 0 Å². The molecule has 0 fully saturated rings. The first-order chi connectivity index (χ1) is 11.3. The third kappa shape index (κ3) is 6.45. The van der Waals surface area contributed by atoms with Gasteiger partial charge >= 0.3 is 0 Å². The van der Waals surface area contributed by atoms with Crippen molar-refractivity contribution in [1.29, 1.82) is 0 Å². The van der Waals surface area contributed by atoms with Crippen LogP contribution in [0.4, 0.5) is 0 Å². The van der Waals surface area contributed by atoms with Crippen molar-refractivity contribution in [2.24, 2.45) is 0 Å². The van der Waals surface area contributed by atoms with E-state index in [9.17, 15) is 5.11 Å². The van der Waals surface area contributed by atoms with Gasteiger partial charge in [0.05, 0.1) is 6.10 Å². The minimum atomic E-state index is -0.392. The van der Waals surface area contributed by atoms with E-state index < -0.39 is 6.10 Å². The van der Waals surface area contributed by atoms with Crippen LogP contribution in [0, 0.1) is 0 Å². The highest BCUT2D eigenvalue weighted by Crippen LogP contribution is 2.24. The third-order valence-corrected chi connectivity index (χ3v) is 4.07.